The molecule has 1 atom stereocenters. The summed E-state index contributed by atoms with van der Waals surface area (Å²) in [4.78, 5) is 1.55. The molecule has 1 N–H and O–H groups in total. The predicted octanol–water partition coefficient (Wildman–Crippen LogP) is 1.86. The first-order chi connectivity index (χ1) is 8.04. The molecule has 3 nitrogen and oxygen atoms in total. The predicted molar refractivity (Wildman–Crippen MR) is 62.9 cm³/mol. The highest BCUT2D eigenvalue weighted by atomic mass is 19.3. The van der Waals surface area contributed by atoms with Crippen molar-refractivity contribution in [3.05, 3.63) is 0 Å². The second-order valence-corrected chi connectivity index (χ2v) is 4.87. The lowest BCUT2D eigenvalue weighted by Crippen LogP contribution is -2.54. The molecule has 0 spiro atoms. The topological polar surface area (TPSA) is 39.1 Å². The number of nitrogens with zero attached hydrogens (tertiary/aromatic N) is 2. The second-order valence-electron chi connectivity index (χ2n) is 4.87. The average Bonchev–Trinajstić information content (AvgIpc) is 3.07. The summed E-state index contributed by atoms with van der Waals surface area (Å²) in [6.45, 7) is 2.89. The van der Waals surface area contributed by atoms with Gasteiger partial charge in [-0.15, -0.1) is 0 Å². The number of hydrogen-bond acceptors (Lipinski definition) is 3. The van der Waals surface area contributed by atoms with Gasteiger partial charge in [-0.1, -0.05) is 6.92 Å². The van der Waals surface area contributed by atoms with Gasteiger partial charge in [-0.25, -0.2) is 8.78 Å². The number of alkyl halides is 2. The summed E-state index contributed by atoms with van der Waals surface area (Å²) < 4.78 is 24.6. The zero-order valence-corrected chi connectivity index (χ0v) is 10.5. The first kappa shape index (κ1) is 14.3. The van der Waals surface area contributed by atoms with Crippen molar-refractivity contribution < 1.29 is 8.78 Å². The highest BCUT2D eigenvalue weighted by molar-refractivity contribution is 5.16. The number of likely N-dealkylation sites (N-methyl/N-ethyl adjacent to an activating group) is 1. The van der Waals surface area contributed by atoms with Crippen LogP contribution in [0.2, 0.25) is 0 Å². The second kappa shape index (κ2) is 6.27. The fourth-order valence-electron chi connectivity index (χ4n) is 2.15. The van der Waals surface area contributed by atoms with E-state index in [2.05, 4.69) is 11.4 Å². The number of nitriles is 1. The summed E-state index contributed by atoms with van der Waals surface area (Å²) in [7, 11) is 1.65. The molecule has 1 fully saturated rings. The van der Waals surface area contributed by atoms with Crippen LogP contribution in [0.3, 0.4) is 0 Å². The van der Waals surface area contributed by atoms with Crippen LogP contribution < -0.4 is 5.32 Å². The summed E-state index contributed by atoms with van der Waals surface area (Å²) in [6, 6.07) is 2.32. The Hall–Kier alpha value is -0.730. The van der Waals surface area contributed by atoms with E-state index >= 15 is 0 Å². The molecule has 1 aliphatic carbocycles. The van der Waals surface area contributed by atoms with E-state index in [9.17, 15) is 14.0 Å². The Labute approximate surface area is 102 Å². The molecule has 0 aliphatic heterocycles. The fourth-order valence-corrected chi connectivity index (χ4v) is 2.15. The monoisotopic (exact) mass is 245 g/mol. The molecule has 0 aromatic heterocycles. The van der Waals surface area contributed by atoms with Crippen LogP contribution in [0.1, 0.15) is 26.2 Å². The normalized spacial score (nSPS) is 19.4. The van der Waals surface area contributed by atoms with Crippen LogP contribution in [0.25, 0.3) is 0 Å². The zero-order chi connectivity index (χ0) is 12.9. The van der Waals surface area contributed by atoms with E-state index in [1.54, 1.807) is 11.9 Å². The van der Waals surface area contributed by atoms with Gasteiger partial charge in [0.05, 0.1) is 12.6 Å². The molecule has 0 aromatic rings. The van der Waals surface area contributed by atoms with Crippen LogP contribution in [0, 0.1) is 17.2 Å². The molecule has 17 heavy (non-hydrogen) atoms. The average molecular weight is 245 g/mol. The highest BCUT2D eigenvalue weighted by Crippen LogP contribution is 2.39. The van der Waals surface area contributed by atoms with E-state index < -0.39 is 12.0 Å². The van der Waals surface area contributed by atoms with E-state index in [0.29, 0.717) is 12.5 Å². The van der Waals surface area contributed by atoms with Crippen molar-refractivity contribution in [2.24, 2.45) is 5.92 Å². The summed E-state index contributed by atoms with van der Waals surface area (Å²) >= 11 is 0. The SMILES string of the molecule is CCCNC(C#N)(CN(C)CC(F)F)C1CC1. The highest BCUT2D eigenvalue weighted by Gasteiger charge is 2.46. The number of nitrogens with one attached hydrogen (secondary N) is 1. The molecular formula is C12H21F2N3. The lowest BCUT2D eigenvalue weighted by atomic mass is 9.94. The Bertz CT molecular complexity index is 273. The van der Waals surface area contributed by atoms with Crippen molar-refractivity contribution in [3.8, 4) is 6.07 Å². The van der Waals surface area contributed by atoms with E-state index in [0.717, 1.165) is 25.8 Å². The Balaban J connectivity index is 2.59. The van der Waals surface area contributed by atoms with E-state index in [4.69, 9.17) is 0 Å². The van der Waals surface area contributed by atoms with Crippen LogP contribution >= 0.6 is 0 Å². The van der Waals surface area contributed by atoms with Crippen molar-refractivity contribution in [2.45, 2.75) is 38.2 Å². The van der Waals surface area contributed by atoms with Crippen LogP contribution in [-0.4, -0.2) is 43.5 Å². The van der Waals surface area contributed by atoms with Gasteiger partial charge in [0.2, 0.25) is 0 Å². The quantitative estimate of drug-likeness (QED) is 0.709. The number of halogens is 2. The molecular weight excluding hydrogens is 224 g/mol. The van der Waals surface area contributed by atoms with Crippen molar-refractivity contribution in [1.29, 1.82) is 5.26 Å². The van der Waals surface area contributed by atoms with Crippen molar-refractivity contribution in [3.63, 3.8) is 0 Å². The molecule has 0 saturated heterocycles. The Morgan fingerprint density at radius 2 is 2.18 bits per heavy atom. The van der Waals surface area contributed by atoms with Gasteiger partial charge < -0.3 is 0 Å². The molecule has 1 unspecified atom stereocenters. The third-order valence-electron chi connectivity index (χ3n) is 3.13. The summed E-state index contributed by atoms with van der Waals surface area (Å²) in [6.07, 6.45) is 0.635. The van der Waals surface area contributed by atoms with Gasteiger partial charge in [-0.3, -0.25) is 10.2 Å². The van der Waals surface area contributed by atoms with Gasteiger partial charge >= 0.3 is 0 Å². The van der Waals surface area contributed by atoms with Crippen LogP contribution in [0.4, 0.5) is 8.78 Å². The number of hydrogen-bond donors (Lipinski definition) is 1. The van der Waals surface area contributed by atoms with Gasteiger partial charge in [0.15, 0.2) is 0 Å². The van der Waals surface area contributed by atoms with Gasteiger partial charge in [0.1, 0.15) is 5.54 Å². The minimum Gasteiger partial charge on any atom is -0.298 e. The first-order valence-electron chi connectivity index (χ1n) is 6.17. The summed E-state index contributed by atoms with van der Waals surface area (Å²) in [5.41, 5.74) is -0.639. The van der Waals surface area contributed by atoms with Crippen LogP contribution in [0.15, 0.2) is 0 Å². The number of rotatable bonds is 8. The third-order valence-corrected chi connectivity index (χ3v) is 3.13. The smallest absolute Gasteiger partial charge is 0.251 e. The molecule has 0 radical (unpaired) electrons. The largest absolute Gasteiger partial charge is 0.298 e. The van der Waals surface area contributed by atoms with Gasteiger partial charge in [-0.05, 0) is 38.8 Å². The van der Waals surface area contributed by atoms with E-state index in [1.165, 1.54) is 0 Å². The fraction of sp³-hybridized carbons (Fsp3) is 0.917. The summed E-state index contributed by atoms with van der Waals surface area (Å²) in [5.74, 6) is 0.319. The third kappa shape index (κ3) is 4.21. The molecule has 1 saturated carbocycles. The van der Waals surface area contributed by atoms with Crippen molar-refractivity contribution in [2.75, 3.05) is 26.7 Å². The van der Waals surface area contributed by atoms with Gasteiger partial charge in [0, 0.05) is 6.54 Å². The van der Waals surface area contributed by atoms with E-state index in [1.807, 2.05) is 6.92 Å². The van der Waals surface area contributed by atoms with E-state index in [-0.39, 0.29) is 6.54 Å². The maximum absolute atomic E-state index is 12.3. The van der Waals surface area contributed by atoms with Gasteiger partial charge in [0.25, 0.3) is 6.43 Å². The zero-order valence-electron chi connectivity index (χ0n) is 10.5. The first-order valence-corrected chi connectivity index (χ1v) is 6.17. The van der Waals surface area contributed by atoms with Crippen LogP contribution in [-0.2, 0) is 0 Å². The molecule has 0 amide bonds. The van der Waals surface area contributed by atoms with Crippen molar-refractivity contribution in [1.82, 2.24) is 10.2 Å². The summed E-state index contributed by atoms with van der Waals surface area (Å²) in [5, 5.41) is 12.6. The standard InChI is InChI=1S/C12H21F2N3/c1-3-6-16-12(8-15,10-4-5-10)9-17(2)7-11(13)14/h10-11,16H,3-7,9H2,1-2H3. The van der Waals surface area contributed by atoms with Gasteiger partial charge in [-0.2, -0.15) is 5.26 Å². The molecule has 0 aromatic carbocycles. The Kier molecular flexibility index (Phi) is 5.29. The molecule has 98 valence electrons. The minimum absolute atomic E-state index is 0.274. The molecule has 0 heterocycles. The maximum atomic E-state index is 12.3. The molecule has 1 aliphatic rings. The van der Waals surface area contributed by atoms with Crippen LogP contribution in [0.5, 0.6) is 0 Å². The Morgan fingerprint density at radius 1 is 1.53 bits per heavy atom. The molecule has 1 rings (SSSR count). The molecule has 5 heteroatoms. The lowest BCUT2D eigenvalue weighted by Gasteiger charge is -2.32. The van der Waals surface area contributed by atoms with Crippen molar-refractivity contribution >= 4 is 0 Å². The Morgan fingerprint density at radius 3 is 2.59 bits per heavy atom. The molecule has 0 bridgehead atoms. The maximum Gasteiger partial charge on any atom is 0.251 e. The lowest BCUT2D eigenvalue weighted by molar-refractivity contribution is 0.0881. The minimum atomic E-state index is -2.35.